The Morgan fingerprint density at radius 3 is 2.24 bits per heavy atom. The van der Waals surface area contributed by atoms with Crippen molar-refractivity contribution >= 4 is 17.8 Å². The van der Waals surface area contributed by atoms with Crippen LogP contribution in [0.25, 0.3) is 0 Å². The first-order valence-electron chi connectivity index (χ1n) is 10.6. The Bertz CT molecular complexity index is 980. The van der Waals surface area contributed by atoms with E-state index in [9.17, 15) is 22.8 Å². The number of carbonyl (C=O) groups is 2. The fraction of sp³-hybridized carbons (Fsp3) is 0.435. The Morgan fingerprint density at radius 2 is 1.67 bits per heavy atom. The molecule has 3 rings (SSSR count). The predicted octanol–water partition coefficient (Wildman–Crippen LogP) is 4.09. The highest BCUT2D eigenvalue weighted by atomic mass is 19.4. The molecule has 1 aromatic heterocycles. The number of nitrogens with zero attached hydrogens (tertiary/aromatic N) is 3. The molecule has 1 aliphatic heterocycles. The Hall–Kier alpha value is -3.30. The van der Waals surface area contributed by atoms with Crippen LogP contribution in [0.2, 0.25) is 0 Å². The third-order valence-corrected chi connectivity index (χ3v) is 5.00. The predicted molar refractivity (Wildman–Crippen MR) is 117 cm³/mol. The highest BCUT2D eigenvalue weighted by Gasteiger charge is 2.32. The normalized spacial score (nSPS) is 14.7. The molecule has 0 saturated carbocycles. The molecule has 2 amide bonds. The molecular weight excluding hydrogens is 437 g/mol. The largest absolute Gasteiger partial charge is 0.444 e. The molecule has 33 heavy (non-hydrogen) atoms. The Morgan fingerprint density at radius 1 is 1.03 bits per heavy atom. The van der Waals surface area contributed by atoms with Crippen molar-refractivity contribution in [3.8, 4) is 0 Å². The topological polar surface area (TPSA) is 74.8 Å². The summed E-state index contributed by atoms with van der Waals surface area (Å²) in [6.45, 7) is 7.13. The molecule has 0 atom stereocenters. The minimum absolute atomic E-state index is 0.154. The molecule has 1 N–H and O–H groups in total. The van der Waals surface area contributed by atoms with E-state index in [1.807, 2.05) is 0 Å². The summed E-state index contributed by atoms with van der Waals surface area (Å²) < 4.78 is 44.0. The zero-order valence-corrected chi connectivity index (χ0v) is 18.8. The standard InChI is InChI=1S/C23H27F3N4O3/c1-22(2,3)33-21(32)28-15-16-4-6-17(7-5-16)20(31)30-12-10-29(11-13-30)19-14-18(8-9-27-19)23(24,25)26/h4-9,14H,10-13,15H2,1-3H3,(H,28,32). The average Bonchev–Trinajstić information content (AvgIpc) is 2.76. The second kappa shape index (κ2) is 9.68. The molecule has 0 bridgehead atoms. The van der Waals surface area contributed by atoms with E-state index in [0.717, 1.165) is 23.9 Å². The van der Waals surface area contributed by atoms with Crippen molar-refractivity contribution in [2.24, 2.45) is 0 Å². The quantitative estimate of drug-likeness (QED) is 0.738. The third kappa shape index (κ3) is 6.84. The van der Waals surface area contributed by atoms with Gasteiger partial charge in [0.05, 0.1) is 5.56 Å². The molecule has 1 fully saturated rings. The number of pyridine rings is 1. The lowest BCUT2D eigenvalue weighted by Gasteiger charge is -2.35. The zero-order valence-electron chi connectivity index (χ0n) is 18.8. The molecule has 1 aromatic carbocycles. The molecule has 10 heteroatoms. The summed E-state index contributed by atoms with van der Waals surface area (Å²) in [6.07, 6.45) is -3.80. The molecule has 0 aliphatic carbocycles. The maximum atomic E-state index is 12.9. The van der Waals surface area contributed by atoms with Gasteiger partial charge in [-0.1, -0.05) is 12.1 Å². The molecule has 1 saturated heterocycles. The van der Waals surface area contributed by atoms with Crippen LogP contribution in [-0.4, -0.2) is 53.7 Å². The van der Waals surface area contributed by atoms with Crippen LogP contribution in [0.4, 0.5) is 23.8 Å². The van der Waals surface area contributed by atoms with Crippen molar-refractivity contribution in [1.82, 2.24) is 15.2 Å². The van der Waals surface area contributed by atoms with Crippen LogP contribution in [0.5, 0.6) is 0 Å². The lowest BCUT2D eigenvalue weighted by molar-refractivity contribution is -0.137. The van der Waals surface area contributed by atoms with E-state index >= 15 is 0 Å². The van der Waals surface area contributed by atoms with Gasteiger partial charge >= 0.3 is 12.3 Å². The molecule has 2 aromatic rings. The molecule has 0 unspecified atom stereocenters. The number of hydrogen-bond acceptors (Lipinski definition) is 5. The first-order chi connectivity index (χ1) is 15.4. The Balaban J connectivity index is 1.53. The minimum atomic E-state index is -4.43. The number of ether oxygens (including phenoxy) is 1. The molecule has 0 spiro atoms. The van der Waals surface area contributed by atoms with Crippen molar-refractivity contribution in [3.63, 3.8) is 0 Å². The monoisotopic (exact) mass is 464 g/mol. The number of piperazine rings is 1. The van der Waals surface area contributed by atoms with E-state index in [0.29, 0.717) is 31.7 Å². The summed E-state index contributed by atoms with van der Waals surface area (Å²) in [5.74, 6) is 0.0945. The van der Waals surface area contributed by atoms with Crippen LogP contribution in [0.3, 0.4) is 0 Å². The van der Waals surface area contributed by atoms with Gasteiger partial charge in [0.25, 0.3) is 5.91 Å². The SMILES string of the molecule is CC(C)(C)OC(=O)NCc1ccc(C(=O)N2CCN(c3cc(C(F)(F)F)ccn3)CC2)cc1. The maximum Gasteiger partial charge on any atom is 0.416 e. The zero-order chi connectivity index (χ0) is 24.2. The molecule has 178 valence electrons. The molecule has 0 radical (unpaired) electrons. The van der Waals surface area contributed by atoms with E-state index in [1.165, 1.54) is 0 Å². The van der Waals surface area contributed by atoms with Crippen LogP contribution in [0.1, 0.15) is 42.3 Å². The summed E-state index contributed by atoms with van der Waals surface area (Å²) in [5.41, 5.74) is -0.00606. The summed E-state index contributed by atoms with van der Waals surface area (Å²) >= 11 is 0. The van der Waals surface area contributed by atoms with Crippen LogP contribution < -0.4 is 10.2 Å². The van der Waals surface area contributed by atoms with Gasteiger partial charge in [0.2, 0.25) is 0 Å². The van der Waals surface area contributed by atoms with Gasteiger partial charge in [0.15, 0.2) is 0 Å². The lowest BCUT2D eigenvalue weighted by Crippen LogP contribution is -2.49. The number of hydrogen-bond donors (Lipinski definition) is 1. The minimum Gasteiger partial charge on any atom is -0.444 e. The summed E-state index contributed by atoms with van der Waals surface area (Å²) in [7, 11) is 0. The van der Waals surface area contributed by atoms with Gasteiger partial charge < -0.3 is 19.9 Å². The van der Waals surface area contributed by atoms with Crippen LogP contribution in [0, 0.1) is 0 Å². The fourth-order valence-electron chi connectivity index (χ4n) is 3.34. The molecule has 7 nitrogen and oxygen atoms in total. The Labute approximate surface area is 190 Å². The second-order valence-corrected chi connectivity index (χ2v) is 8.73. The fourth-order valence-corrected chi connectivity index (χ4v) is 3.34. The molecule has 1 aliphatic rings. The second-order valence-electron chi connectivity index (χ2n) is 8.73. The first-order valence-corrected chi connectivity index (χ1v) is 10.6. The van der Waals surface area contributed by atoms with Crippen molar-refractivity contribution in [1.29, 1.82) is 0 Å². The van der Waals surface area contributed by atoms with Crippen LogP contribution in [0.15, 0.2) is 42.6 Å². The van der Waals surface area contributed by atoms with Crippen molar-refractivity contribution in [2.45, 2.75) is 39.1 Å². The van der Waals surface area contributed by atoms with Gasteiger partial charge in [0.1, 0.15) is 11.4 Å². The number of halogens is 3. The average molecular weight is 464 g/mol. The maximum absolute atomic E-state index is 12.9. The summed E-state index contributed by atoms with van der Waals surface area (Å²) in [4.78, 5) is 32.0. The van der Waals surface area contributed by atoms with Crippen LogP contribution in [-0.2, 0) is 17.5 Å². The van der Waals surface area contributed by atoms with E-state index < -0.39 is 23.4 Å². The number of alkyl carbamates (subject to hydrolysis) is 1. The number of nitrogens with one attached hydrogen (secondary N) is 1. The number of benzene rings is 1. The highest BCUT2D eigenvalue weighted by molar-refractivity contribution is 5.94. The van der Waals surface area contributed by atoms with Crippen LogP contribution >= 0.6 is 0 Å². The van der Waals surface area contributed by atoms with Gasteiger partial charge in [0, 0.05) is 44.5 Å². The Kier molecular flexibility index (Phi) is 7.14. The molecule has 2 heterocycles. The number of rotatable bonds is 4. The van der Waals surface area contributed by atoms with Gasteiger partial charge in [-0.3, -0.25) is 4.79 Å². The highest BCUT2D eigenvalue weighted by Crippen LogP contribution is 2.31. The van der Waals surface area contributed by atoms with E-state index in [2.05, 4.69) is 10.3 Å². The van der Waals surface area contributed by atoms with Gasteiger partial charge in [-0.2, -0.15) is 13.2 Å². The number of amides is 2. The lowest BCUT2D eigenvalue weighted by atomic mass is 10.1. The van der Waals surface area contributed by atoms with Gasteiger partial charge in [-0.05, 0) is 50.6 Å². The van der Waals surface area contributed by atoms with E-state index in [-0.39, 0.29) is 18.3 Å². The molecular formula is C23H27F3N4O3. The summed E-state index contributed by atoms with van der Waals surface area (Å²) in [5, 5.41) is 2.66. The van der Waals surface area contributed by atoms with E-state index in [1.54, 1.807) is 54.8 Å². The van der Waals surface area contributed by atoms with Crippen molar-refractivity contribution in [2.75, 3.05) is 31.1 Å². The first kappa shape index (κ1) is 24.3. The number of aromatic nitrogens is 1. The van der Waals surface area contributed by atoms with Gasteiger partial charge in [-0.25, -0.2) is 9.78 Å². The van der Waals surface area contributed by atoms with Gasteiger partial charge in [-0.15, -0.1) is 0 Å². The van der Waals surface area contributed by atoms with Crippen molar-refractivity contribution < 1.29 is 27.5 Å². The summed E-state index contributed by atoms with van der Waals surface area (Å²) in [6, 6.07) is 8.86. The number of alkyl halides is 3. The smallest absolute Gasteiger partial charge is 0.416 e. The van der Waals surface area contributed by atoms with E-state index in [4.69, 9.17) is 4.74 Å². The van der Waals surface area contributed by atoms with Crippen molar-refractivity contribution in [3.05, 3.63) is 59.3 Å². The number of carbonyl (C=O) groups excluding carboxylic acids is 2. The number of anilines is 1. The third-order valence-electron chi connectivity index (χ3n) is 5.00.